The van der Waals surface area contributed by atoms with Crippen molar-refractivity contribution in [3.8, 4) is 0 Å². The monoisotopic (exact) mass is 218 g/mol. The summed E-state index contributed by atoms with van der Waals surface area (Å²) in [5.41, 5.74) is -0.879. The molecule has 1 aromatic rings. The van der Waals surface area contributed by atoms with Gasteiger partial charge in [-0.2, -0.15) is 13.2 Å². The Morgan fingerprint density at radius 2 is 1.47 bits per heavy atom. The van der Waals surface area contributed by atoms with Crippen LogP contribution in [0.3, 0.4) is 0 Å². The van der Waals surface area contributed by atoms with E-state index in [1.807, 2.05) is 20.8 Å². The number of hydrogen-bond donors (Lipinski definition) is 0. The molecule has 5 heteroatoms. The Bertz CT molecular complexity index is 332. The zero-order chi connectivity index (χ0) is 11.9. The van der Waals surface area contributed by atoms with Crippen molar-refractivity contribution in [2.75, 3.05) is 0 Å². The second-order valence-electron chi connectivity index (χ2n) is 4.43. The predicted octanol–water partition coefficient (Wildman–Crippen LogP) is 3.10. The number of nitrogens with zero attached hydrogens (tertiary/aromatic N) is 2. The van der Waals surface area contributed by atoms with Gasteiger partial charge in [-0.3, -0.25) is 0 Å². The van der Waals surface area contributed by atoms with Gasteiger partial charge in [-0.05, 0) is 13.0 Å². The third-order valence-electron chi connectivity index (χ3n) is 1.90. The van der Waals surface area contributed by atoms with Gasteiger partial charge in [-0.15, -0.1) is 0 Å². The second kappa shape index (κ2) is 3.47. The van der Waals surface area contributed by atoms with E-state index in [2.05, 4.69) is 9.97 Å². The van der Waals surface area contributed by atoms with Crippen LogP contribution in [0.1, 0.15) is 38.0 Å². The lowest BCUT2D eigenvalue weighted by Gasteiger charge is -2.19. The molecule has 1 aromatic heterocycles. The predicted molar refractivity (Wildman–Crippen MR) is 50.5 cm³/mol. The van der Waals surface area contributed by atoms with Gasteiger partial charge in [0, 0.05) is 5.41 Å². The number of halogens is 3. The van der Waals surface area contributed by atoms with E-state index in [4.69, 9.17) is 0 Å². The van der Waals surface area contributed by atoms with Gasteiger partial charge in [0.25, 0.3) is 0 Å². The quantitative estimate of drug-likeness (QED) is 0.668. The van der Waals surface area contributed by atoms with Gasteiger partial charge < -0.3 is 0 Å². The Morgan fingerprint density at radius 3 is 1.87 bits per heavy atom. The van der Waals surface area contributed by atoms with Crippen LogP contribution in [0.5, 0.6) is 0 Å². The van der Waals surface area contributed by atoms with Crippen LogP contribution in [0.15, 0.2) is 6.07 Å². The molecule has 1 rings (SSSR count). The minimum absolute atomic E-state index is 0.148. The van der Waals surface area contributed by atoms with E-state index >= 15 is 0 Å². The fourth-order valence-electron chi connectivity index (χ4n) is 1.10. The molecule has 0 spiro atoms. The first-order valence-electron chi connectivity index (χ1n) is 4.54. The van der Waals surface area contributed by atoms with Crippen molar-refractivity contribution < 1.29 is 13.2 Å². The van der Waals surface area contributed by atoms with Crippen LogP contribution < -0.4 is 0 Å². The molecule has 0 amide bonds. The maximum absolute atomic E-state index is 12.4. The highest BCUT2D eigenvalue weighted by molar-refractivity contribution is 5.19. The second-order valence-corrected chi connectivity index (χ2v) is 4.43. The SMILES string of the molecule is Cc1nc(C(C)(C)C)cc(C(F)(F)F)n1. The molecule has 0 fully saturated rings. The summed E-state index contributed by atoms with van der Waals surface area (Å²) in [7, 11) is 0. The fourth-order valence-corrected chi connectivity index (χ4v) is 1.10. The van der Waals surface area contributed by atoms with E-state index in [9.17, 15) is 13.2 Å². The van der Waals surface area contributed by atoms with Crippen molar-refractivity contribution in [3.05, 3.63) is 23.3 Å². The Hall–Kier alpha value is -1.13. The van der Waals surface area contributed by atoms with Crippen molar-refractivity contribution in [2.45, 2.75) is 39.3 Å². The zero-order valence-electron chi connectivity index (χ0n) is 9.11. The lowest BCUT2D eigenvalue weighted by Crippen LogP contribution is -2.18. The van der Waals surface area contributed by atoms with Gasteiger partial charge in [-0.25, -0.2) is 9.97 Å². The number of hydrogen-bond acceptors (Lipinski definition) is 2. The average molecular weight is 218 g/mol. The van der Waals surface area contributed by atoms with E-state index in [1.54, 1.807) is 0 Å². The summed E-state index contributed by atoms with van der Waals surface area (Å²) < 4.78 is 37.3. The third-order valence-corrected chi connectivity index (χ3v) is 1.90. The van der Waals surface area contributed by atoms with Crippen molar-refractivity contribution in [3.63, 3.8) is 0 Å². The zero-order valence-corrected chi connectivity index (χ0v) is 9.11. The van der Waals surface area contributed by atoms with Crippen LogP contribution in [0, 0.1) is 6.92 Å². The molecule has 0 aromatic carbocycles. The molecular formula is C10H13F3N2. The van der Waals surface area contributed by atoms with Gasteiger partial charge in [0.05, 0.1) is 5.69 Å². The summed E-state index contributed by atoms with van der Waals surface area (Å²) >= 11 is 0. The van der Waals surface area contributed by atoms with Crippen LogP contribution in [0.2, 0.25) is 0 Å². The Balaban J connectivity index is 3.30. The lowest BCUT2D eigenvalue weighted by atomic mass is 9.91. The molecule has 1 heterocycles. The van der Waals surface area contributed by atoms with E-state index in [0.29, 0.717) is 5.69 Å². The molecule has 0 aliphatic rings. The highest BCUT2D eigenvalue weighted by Crippen LogP contribution is 2.30. The standard InChI is InChI=1S/C10H13F3N2/c1-6-14-7(9(2,3)4)5-8(15-6)10(11,12)13/h5H,1-4H3. The topological polar surface area (TPSA) is 25.8 Å². The van der Waals surface area contributed by atoms with Crippen LogP contribution in [-0.4, -0.2) is 9.97 Å². The molecule has 0 aliphatic carbocycles. The molecular weight excluding hydrogens is 205 g/mol. The van der Waals surface area contributed by atoms with Gasteiger partial charge in [0.2, 0.25) is 0 Å². The molecule has 0 atom stereocenters. The van der Waals surface area contributed by atoms with Crippen molar-refractivity contribution in [1.82, 2.24) is 9.97 Å². The van der Waals surface area contributed by atoms with E-state index < -0.39 is 17.3 Å². The van der Waals surface area contributed by atoms with Crippen molar-refractivity contribution in [1.29, 1.82) is 0 Å². The fraction of sp³-hybridized carbons (Fsp3) is 0.600. The summed E-state index contributed by atoms with van der Waals surface area (Å²) in [6, 6.07) is 1.01. The maximum atomic E-state index is 12.4. The molecule has 2 nitrogen and oxygen atoms in total. The van der Waals surface area contributed by atoms with Crippen LogP contribution >= 0.6 is 0 Å². The Labute approximate surface area is 86.6 Å². The van der Waals surface area contributed by atoms with Crippen molar-refractivity contribution >= 4 is 0 Å². The first kappa shape index (κ1) is 11.9. The molecule has 84 valence electrons. The Morgan fingerprint density at radius 1 is 1.00 bits per heavy atom. The van der Waals surface area contributed by atoms with Crippen LogP contribution in [0.25, 0.3) is 0 Å². The number of alkyl halides is 3. The molecule has 0 saturated carbocycles. The van der Waals surface area contributed by atoms with Crippen molar-refractivity contribution in [2.24, 2.45) is 0 Å². The highest BCUT2D eigenvalue weighted by Gasteiger charge is 2.34. The van der Waals surface area contributed by atoms with Crippen LogP contribution in [0.4, 0.5) is 13.2 Å². The minimum atomic E-state index is -4.41. The number of aryl methyl sites for hydroxylation is 1. The van der Waals surface area contributed by atoms with Gasteiger partial charge >= 0.3 is 6.18 Å². The van der Waals surface area contributed by atoms with E-state index in [0.717, 1.165) is 6.07 Å². The normalized spacial score (nSPS) is 13.0. The van der Waals surface area contributed by atoms with Gasteiger partial charge in [0.15, 0.2) is 0 Å². The maximum Gasteiger partial charge on any atom is 0.433 e. The molecule has 0 radical (unpaired) electrons. The summed E-state index contributed by atoms with van der Waals surface area (Å²) in [5, 5.41) is 0. The molecule has 0 unspecified atom stereocenters. The first-order chi connectivity index (χ1) is 6.60. The summed E-state index contributed by atoms with van der Waals surface area (Å²) in [4.78, 5) is 7.39. The third kappa shape index (κ3) is 2.91. The van der Waals surface area contributed by atoms with Gasteiger partial charge in [-0.1, -0.05) is 20.8 Å². The smallest absolute Gasteiger partial charge is 0.238 e. The number of rotatable bonds is 0. The summed E-state index contributed by atoms with van der Waals surface area (Å²) in [5.74, 6) is 0.148. The first-order valence-corrected chi connectivity index (χ1v) is 4.54. The molecule has 15 heavy (non-hydrogen) atoms. The molecule has 0 bridgehead atoms. The van der Waals surface area contributed by atoms with Crippen LogP contribution in [-0.2, 0) is 11.6 Å². The largest absolute Gasteiger partial charge is 0.433 e. The molecule has 0 N–H and O–H groups in total. The molecule has 0 saturated heterocycles. The lowest BCUT2D eigenvalue weighted by molar-refractivity contribution is -0.141. The summed E-state index contributed by atoms with van der Waals surface area (Å²) in [6.07, 6.45) is -4.41. The minimum Gasteiger partial charge on any atom is -0.238 e. The van der Waals surface area contributed by atoms with E-state index in [1.165, 1.54) is 6.92 Å². The Kier molecular flexibility index (Phi) is 2.76. The van der Waals surface area contributed by atoms with E-state index in [-0.39, 0.29) is 5.82 Å². The van der Waals surface area contributed by atoms with Gasteiger partial charge in [0.1, 0.15) is 11.5 Å². The number of aromatic nitrogens is 2. The average Bonchev–Trinajstić information content (AvgIpc) is 1.99. The molecule has 0 aliphatic heterocycles. The highest BCUT2D eigenvalue weighted by atomic mass is 19.4. The summed E-state index contributed by atoms with van der Waals surface area (Å²) in [6.45, 7) is 6.91.